The van der Waals surface area contributed by atoms with Gasteiger partial charge in [0.25, 0.3) is 21.6 Å². The summed E-state index contributed by atoms with van der Waals surface area (Å²) in [4.78, 5) is 23.1. The number of para-hydroxylation sites is 2. The van der Waals surface area contributed by atoms with Crippen LogP contribution in [0.3, 0.4) is 0 Å². The third-order valence-corrected chi connectivity index (χ3v) is 7.58. The number of anilines is 1. The second-order valence-corrected chi connectivity index (χ2v) is 10.4. The fourth-order valence-electron chi connectivity index (χ4n) is 3.73. The monoisotopic (exact) mass is 574 g/mol. The Balaban J connectivity index is 1.39. The van der Waals surface area contributed by atoms with Crippen molar-refractivity contribution in [1.29, 1.82) is 0 Å². The number of nitrogens with one attached hydrogen (secondary N) is 1. The molecule has 41 heavy (non-hydrogen) atoms. The molecule has 0 radical (unpaired) electrons. The number of rotatable bonds is 12. The number of nitro benzene ring substituents is 1. The molecule has 4 aromatic carbocycles. The first kappa shape index (κ1) is 28.8. The van der Waals surface area contributed by atoms with Gasteiger partial charge < -0.3 is 9.47 Å². The van der Waals surface area contributed by atoms with E-state index in [1.807, 2.05) is 0 Å². The molecule has 4 aromatic rings. The van der Waals surface area contributed by atoms with E-state index in [-0.39, 0.29) is 22.9 Å². The molecule has 4 rings (SSSR count). The first-order valence-corrected chi connectivity index (χ1v) is 13.7. The van der Waals surface area contributed by atoms with Crippen LogP contribution in [-0.2, 0) is 21.4 Å². The summed E-state index contributed by atoms with van der Waals surface area (Å²) in [5.41, 5.74) is 4.03. The van der Waals surface area contributed by atoms with E-state index in [0.717, 1.165) is 9.87 Å². The molecule has 0 saturated heterocycles. The van der Waals surface area contributed by atoms with E-state index in [2.05, 4.69) is 10.5 Å². The zero-order chi connectivity index (χ0) is 29.2. The lowest BCUT2D eigenvalue weighted by Gasteiger charge is -2.25. The van der Waals surface area contributed by atoms with Crippen LogP contribution in [0.15, 0.2) is 113 Å². The molecule has 0 saturated carbocycles. The number of benzene rings is 4. The number of amides is 1. The van der Waals surface area contributed by atoms with E-state index in [9.17, 15) is 23.3 Å². The summed E-state index contributed by atoms with van der Waals surface area (Å²) < 4.78 is 38.9. The third kappa shape index (κ3) is 7.46. The molecule has 0 aliphatic heterocycles. The van der Waals surface area contributed by atoms with Crippen molar-refractivity contribution in [2.45, 2.75) is 11.5 Å². The molecule has 12 heteroatoms. The number of ether oxygens (including phenoxy) is 2. The van der Waals surface area contributed by atoms with Gasteiger partial charge in [-0.2, -0.15) is 5.10 Å². The molecule has 0 aliphatic carbocycles. The summed E-state index contributed by atoms with van der Waals surface area (Å²) in [6, 6.07) is 27.3. The molecular formula is C29H26N4O7S. The van der Waals surface area contributed by atoms with Crippen LogP contribution in [0.4, 0.5) is 11.4 Å². The van der Waals surface area contributed by atoms with Crippen LogP contribution in [0.2, 0.25) is 0 Å². The van der Waals surface area contributed by atoms with Gasteiger partial charge >= 0.3 is 0 Å². The van der Waals surface area contributed by atoms with Crippen molar-refractivity contribution in [3.05, 3.63) is 124 Å². The van der Waals surface area contributed by atoms with Gasteiger partial charge in [-0.3, -0.25) is 19.2 Å². The quantitative estimate of drug-likeness (QED) is 0.149. The molecular weight excluding hydrogens is 548 g/mol. The Morgan fingerprint density at radius 1 is 0.951 bits per heavy atom. The Kier molecular flexibility index (Phi) is 9.28. The van der Waals surface area contributed by atoms with Gasteiger partial charge in [0.2, 0.25) is 0 Å². The average molecular weight is 575 g/mol. The highest BCUT2D eigenvalue weighted by Crippen LogP contribution is 2.32. The maximum Gasteiger partial charge on any atom is 0.269 e. The Labute approximate surface area is 236 Å². The highest BCUT2D eigenvalue weighted by molar-refractivity contribution is 7.92. The van der Waals surface area contributed by atoms with Gasteiger partial charge in [-0.25, -0.2) is 13.8 Å². The van der Waals surface area contributed by atoms with E-state index < -0.39 is 27.4 Å². The summed E-state index contributed by atoms with van der Waals surface area (Å²) in [5, 5.41) is 14.7. The zero-order valence-corrected chi connectivity index (χ0v) is 22.7. The smallest absolute Gasteiger partial charge is 0.269 e. The first-order chi connectivity index (χ1) is 19.8. The van der Waals surface area contributed by atoms with Crippen LogP contribution >= 0.6 is 0 Å². The number of nitro groups is 1. The van der Waals surface area contributed by atoms with Crippen molar-refractivity contribution in [1.82, 2.24) is 5.43 Å². The Morgan fingerprint density at radius 3 is 2.27 bits per heavy atom. The van der Waals surface area contributed by atoms with Crippen molar-refractivity contribution in [3.8, 4) is 11.5 Å². The number of hydrogen-bond acceptors (Lipinski definition) is 8. The molecule has 210 valence electrons. The summed E-state index contributed by atoms with van der Waals surface area (Å²) in [7, 11) is -2.68. The lowest BCUT2D eigenvalue weighted by atomic mass is 10.2. The van der Waals surface area contributed by atoms with Crippen molar-refractivity contribution in [2.75, 3.05) is 18.0 Å². The zero-order valence-electron chi connectivity index (χ0n) is 21.9. The van der Waals surface area contributed by atoms with Crippen LogP contribution in [0.5, 0.6) is 11.5 Å². The minimum absolute atomic E-state index is 0.00907. The third-order valence-electron chi connectivity index (χ3n) is 5.81. The van der Waals surface area contributed by atoms with Crippen LogP contribution in [0.25, 0.3) is 0 Å². The van der Waals surface area contributed by atoms with Gasteiger partial charge in [0, 0.05) is 12.1 Å². The van der Waals surface area contributed by atoms with Crippen LogP contribution in [0, 0.1) is 10.1 Å². The number of hydrazone groups is 1. The maximum atomic E-state index is 13.5. The number of non-ortho nitro benzene ring substituents is 1. The summed E-state index contributed by atoms with van der Waals surface area (Å²) in [5.74, 6) is 0.206. The molecule has 1 amide bonds. The molecule has 0 aliphatic rings. The van der Waals surface area contributed by atoms with Crippen molar-refractivity contribution >= 4 is 33.5 Å². The molecule has 0 aromatic heterocycles. The van der Waals surface area contributed by atoms with E-state index in [1.54, 1.807) is 78.9 Å². The molecule has 0 bridgehead atoms. The average Bonchev–Trinajstić information content (AvgIpc) is 3.00. The fraction of sp³-hybridized carbons (Fsp3) is 0.103. The minimum atomic E-state index is -4.10. The lowest BCUT2D eigenvalue weighted by Crippen LogP contribution is -2.39. The Bertz CT molecular complexity index is 1630. The molecule has 11 nitrogen and oxygen atoms in total. The van der Waals surface area contributed by atoms with E-state index in [1.165, 1.54) is 37.6 Å². The number of carbonyl (C=O) groups excluding carboxylic acids is 1. The van der Waals surface area contributed by atoms with Gasteiger partial charge in [-0.05, 0) is 71.8 Å². The predicted molar refractivity (Wildman–Crippen MR) is 154 cm³/mol. The van der Waals surface area contributed by atoms with E-state index in [4.69, 9.17) is 9.47 Å². The van der Waals surface area contributed by atoms with Crippen LogP contribution in [0.1, 0.15) is 11.1 Å². The number of nitrogens with zero attached hydrogens (tertiary/aromatic N) is 3. The number of methoxy groups -OCH3 is 1. The van der Waals surface area contributed by atoms with Crippen LogP contribution in [-0.4, -0.2) is 39.1 Å². The summed E-state index contributed by atoms with van der Waals surface area (Å²) in [6.07, 6.45) is 1.41. The second kappa shape index (κ2) is 13.2. The lowest BCUT2D eigenvalue weighted by molar-refractivity contribution is -0.384. The van der Waals surface area contributed by atoms with Gasteiger partial charge in [-0.1, -0.05) is 30.3 Å². The predicted octanol–water partition coefficient (Wildman–Crippen LogP) is 4.53. The number of sulfonamides is 1. The first-order valence-electron chi connectivity index (χ1n) is 12.3. The van der Waals surface area contributed by atoms with Gasteiger partial charge in [-0.15, -0.1) is 0 Å². The van der Waals surface area contributed by atoms with Gasteiger partial charge in [0.15, 0.2) is 0 Å². The standard InChI is InChI=1S/C29H26N4O7S/c1-39-28-10-6-5-9-27(28)32(41(37,38)26-7-3-2-4-8-26)20-29(34)31-30-19-22-13-17-25(18-14-22)40-21-23-11-15-24(16-12-23)33(35)36/h2-19H,20-21H2,1H3,(H,31,34)/b30-19+. The molecule has 0 heterocycles. The Morgan fingerprint density at radius 2 is 1.61 bits per heavy atom. The minimum Gasteiger partial charge on any atom is -0.495 e. The molecule has 0 atom stereocenters. The SMILES string of the molecule is COc1ccccc1N(CC(=O)N/N=C/c1ccc(OCc2ccc([N+](=O)[O-])cc2)cc1)S(=O)(=O)c1ccccc1. The topological polar surface area (TPSA) is 140 Å². The highest BCUT2D eigenvalue weighted by atomic mass is 32.2. The fourth-order valence-corrected chi connectivity index (χ4v) is 5.18. The maximum absolute atomic E-state index is 13.5. The normalized spacial score (nSPS) is 11.1. The van der Waals surface area contributed by atoms with E-state index >= 15 is 0 Å². The van der Waals surface area contributed by atoms with Gasteiger partial charge in [0.05, 0.1) is 28.8 Å². The van der Waals surface area contributed by atoms with E-state index in [0.29, 0.717) is 17.1 Å². The number of hydrogen-bond donors (Lipinski definition) is 1. The summed E-state index contributed by atoms with van der Waals surface area (Å²) in [6.45, 7) is -0.305. The van der Waals surface area contributed by atoms with Crippen molar-refractivity contribution in [2.24, 2.45) is 5.10 Å². The molecule has 0 spiro atoms. The summed E-state index contributed by atoms with van der Waals surface area (Å²) >= 11 is 0. The molecule has 0 unspecified atom stereocenters. The second-order valence-electron chi connectivity index (χ2n) is 8.57. The molecule has 0 fully saturated rings. The number of carbonyl (C=O) groups is 1. The Hall–Kier alpha value is -5.23. The molecule has 1 N–H and O–H groups in total. The largest absolute Gasteiger partial charge is 0.495 e. The van der Waals surface area contributed by atoms with Gasteiger partial charge in [0.1, 0.15) is 24.7 Å². The van der Waals surface area contributed by atoms with Crippen LogP contribution < -0.4 is 19.2 Å². The highest BCUT2D eigenvalue weighted by Gasteiger charge is 2.29. The van der Waals surface area contributed by atoms with Crippen molar-refractivity contribution in [3.63, 3.8) is 0 Å². The van der Waals surface area contributed by atoms with Crippen molar-refractivity contribution < 1.29 is 27.6 Å².